The number of carbonyl (C=O) groups excluding carboxylic acids is 1. The number of halogens is 1. The minimum atomic E-state index is 0. The predicted molar refractivity (Wildman–Crippen MR) is 122 cm³/mol. The zero-order valence-electron chi connectivity index (χ0n) is 16.9. The summed E-state index contributed by atoms with van der Waals surface area (Å²) in [4.78, 5) is 24.3. The number of amides is 1. The highest BCUT2D eigenvalue weighted by atomic mass is 35.5. The molecule has 0 spiro atoms. The molecule has 1 saturated carbocycles. The van der Waals surface area contributed by atoms with Crippen molar-refractivity contribution in [1.29, 1.82) is 0 Å². The second-order valence-corrected chi connectivity index (χ2v) is 8.64. The minimum absolute atomic E-state index is 0. The molecule has 3 aromatic rings. The molecule has 2 heterocycles. The number of rotatable bonds is 7. The Morgan fingerprint density at radius 3 is 2.83 bits per heavy atom. The van der Waals surface area contributed by atoms with Gasteiger partial charge in [-0.2, -0.15) is 0 Å². The SMILES string of the molecule is CCc1ccc2nc(N(CCCn3ccnc3)C(=O)C3CCCCC3)sc2c1.Cl. The summed E-state index contributed by atoms with van der Waals surface area (Å²) >= 11 is 1.65. The molecule has 1 aromatic carbocycles. The number of hydrogen-bond donors (Lipinski definition) is 0. The van der Waals surface area contributed by atoms with E-state index in [0.29, 0.717) is 6.54 Å². The molecule has 0 N–H and O–H groups in total. The first kappa shape index (κ1) is 21.8. The Bertz CT molecular complexity index is 918. The number of fused-ring (bicyclic) bond motifs is 1. The number of nitrogens with zero attached hydrogens (tertiary/aromatic N) is 4. The molecule has 7 heteroatoms. The number of hydrogen-bond acceptors (Lipinski definition) is 4. The smallest absolute Gasteiger partial charge is 0.231 e. The van der Waals surface area contributed by atoms with Crippen LogP contribution in [0.25, 0.3) is 10.2 Å². The molecular formula is C22H29ClN4OS. The van der Waals surface area contributed by atoms with Gasteiger partial charge >= 0.3 is 0 Å². The van der Waals surface area contributed by atoms with Gasteiger partial charge < -0.3 is 4.57 Å². The molecule has 29 heavy (non-hydrogen) atoms. The Morgan fingerprint density at radius 2 is 2.10 bits per heavy atom. The summed E-state index contributed by atoms with van der Waals surface area (Å²) in [6.07, 6.45) is 13.1. The van der Waals surface area contributed by atoms with Crippen LogP contribution in [0.15, 0.2) is 36.9 Å². The lowest BCUT2D eigenvalue weighted by atomic mass is 9.88. The zero-order chi connectivity index (χ0) is 19.3. The van der Waals surface area contributed by atoms with Crippen LogP contribution in [0, 0.1) is 5.92 Å². The van der Waals surface area contributed by atoms with E-state index < -0.39 is 0 Å². The number of anilines is 1. The average molecular weight is 433 g/mol. The topological polar surface area (TPSA) is 51.0 Å². The van der Waals surface area contributed by atoms with E-state index >= 15 is 0 Å². The molecular weight excluding hydrogens is 404 g/mol. The lowest BCUT2D eigenvalue weighted by Gasteiger charge is -2.27. The van der Waals surface area contributed by atoms with E-state index in [-0.39, 0.29) is 24.2 Å². The van der Waals surface area contributed by atoms with Crippen LogP contribution in [0.5, 0.6) is 0 Å². The van der Waals surface area contributed by atoms with E-state index in [9.17, 15) is 4.79 Å². The van der Waals surface area contributed by atoms with Gasteiger partial charge in [-0.25, -0.2) is 9.97 Å². The molecule has 1 amide bonds. The first-order valence-electron chi connectivity index (χ1n) is 10.4. The molecule has 0 atom stereocenters. The van der Waals surface area contributed by atoms with Gasteiger partial charge in [-0.3, -0.25) is 9.69 Å². The Balaban J connectivity index is 0.00000240. The van der Waals surface area contributed by atoms with Gasteiger partial charge in [-0.15, -0.1) is 12.4 Å². The summed E-state index contributed by atoms with van der Waals surface area (Å²) in [7, 11) is 0. The fourth-order valence-corrected chi connectivity index (χ4v) is 5.05. The van der Waals surface area contributed by atoms with Crippen LogP contribution in [0.3, 0.4) is 0 Å². The van der Waals surface area contributed by atoms with Crippen molar-refractivity contribution in [2.45, 2.75) is 58.4 Å². The second-order valence-electron chi connectivity index (χ2n) is 7.63. The first-order valence-corrected chi connectivity index (χ1v) is 11.2. The molecule has 0 saturated heterocycles. The maximum absolute atomic E-state index is 13.4. The molecule has 1 fully saturated rings. The molecule has 0 unspecified atom stereocenters. The summed E-state index contributed by atoms with van der Waals surface area (Å²) in [5.74, 6) is 0.417. The largest absolute Gasteiger partial charge is 0.337 e. The lowest BCUT2D eigenvalue weighted by molar-refractivity contribution is -0.123. The van der Waals surface area contributed by atoms with Gasteiger partial charge in [0.1, 0.15) is 0 Å². The van der Waals surface area contributed by atoms with E-state index in [0.717, 1.165) is 42.9 Å². The van der Waals surface area contributed by atoms with Crippen molar-refractivity contribution in [1.82, 2.24) is 14.5 Å². The average Bonchev–Trinajstić information content (AvgIpc) is 3.40. The van der Waals surface area contributed by atoms with Crippen LogP contribution in [0.4, 0.5) is 5.13 Å². The molecule has 1 aliphatic carbocycles. The van der Waals surface area contributed by atoms with Gasteiger partial charge in [0.25, 0.3) is 0 Å². The van der Waals surface area contributed by atoms with Crippen molar-refractivity contribution in [3.05, 3.63) is 42.5 Å². The fraction of sp³-hybridized carbons (Fsp3) is 0.500. The van der Waals surface area contributed by atoms with Crippen molar-refractivity contribution in [3.8, 4) is 0 Å². The van der Waals surface area contributed by atoms with Crippen LogP contribution >= 0.6 is 23.7 Å². The van der Waals surface area contributed by atoms with Crippen LogP contribution < -0.4 is 4.90 Å². The van der Waals surface area contributed by atoms with E-state index in [1.807, 2.05) is 17.4 Å². The van der Waals surface area contributed by atoms with Crippen LogP contribution in [0.2, 0.25) is 0 Å². The number of imidazole rings is 1. The third-order valence-corrected chi connectivity index (χ3v) is 6.70. The molecule has 1 aliphatic rings. The predicted octanol–water partition coefficient (Wildman–Crippen LogP) is 5.48. The highest BCUT2D eigenvalue weighted by Crippen LogP contribution is 2.33. The van der Waals surface area contributed by atoms with Crippen LogP contribution in [0.1, 0.15) is 51.0 Å². The Kier molecular flexibility index (Phi) is 7.67. The molecule has 0 radical (unpaired) electrons. The molecule has 0 aliphatic heterocycles. The van der Waals surface area contributed by atoms with Gasteiger partial charge in [-0.1, -0.05) is 43.6 Å². The van der Waals surface area contributed by atoms with Gasteiger partial charge in [0.15, 0.2) is 5.13 Å². The van der Waals surface area contributed by atoms with Gasteiger partial charge in [0.2, 0.25) is 5.91 Å². The second kappa shape index (κ2) is 10.2. The van der Waals surface area contributed by atoms with E-state index in [4.69, 9.17) is 4.98 Å². The molecule has 4 rings (SSSR count). The lowest BCUT2D eigenvalue weighted by Crippen LogP contribution is -2.38. The Morgan fingerprint density at radius 1 is 1.28 bits per heavy atom. The standard InChI is InChI=1S/C22H28N4OS.ClH/c1-2-17-9-10-19-20(15-17)28-22(24-19)26(13-6-12-25-14-11-23-16-25)21(27)18-7-4-3-5-8-18;/h9-11,14-16,18H,2-8,12-13H2,1H3;1H. The van der Waals surface area contributed by atoms with Crippen molar-refractivity contribution in [2.24, 2.45) is 5.92 Å². The number of benzene rings is 1. The van der Waals surface area contributed by atoms with E-state index in [1.165, 1.54) is 29.5 Å². The van der Waals surface area contributed by atoms with Gasteiger partial charge in [0, 0.05) is 31.4 Å². The van der Waals surface area contributed by atoms with Crippen molar-refractivity contribution in [3.63, 3.8) is 0 Å². The maximum atomic E-state index is 13.4. The summed E-state index contributed by atoms with van der Waals surface area (Å²) in [6, 6.07) is 6.44. The summed E-state index contributed by atoms with van der Waals surface area (Å²) in [6.45, 7) is 3.73. The van der Waals surface area contributed by atoms with Crippen LogP contribution in [-0.4, -0.2) is 27.0 Å². The molecule has 2 aromatic heterocycles. The summed E-state index contributed by atoms with van der Waals surface area (Å²) < 4.78 is 3.24. The van der Waals surface area contributed by atoms with Gasteiger partial charge in [-0.05, 0) is 43.4 Å². The normalized spacial score (nSPS) is 14.7. The highest BCUT2D eigenvalue weighted by Gasteiger charge is 2.28. The number of carbonyl (C=O) groups is 1. The zero-order valence-corrected chi connectivity index (χ0v) is 18.6. The monoisotopic (exact) mass is 432 g/mol. The minimum Gasteiger partial charge on any atom is -0.337 e. The summed E-state index contributed by atoms with van der Waals surface area (Å²) in [5, 5.41) is 0.851. The van der Waals surface area contributed by atoms with Crippen molar-refractivity contribution < 1.29 is 4.79 Å². The van der Waals surface area contributed by atoms with Crippen molar-refractivity contribution >= 4 is 45.0 Å². The third kappa shape index (κ3) is 5.17. The fourth-order valence-electron chi connectivity index (χ4n) is 3.99. The Labute approximate surface area is 182 Å². The molecule has 156 valence electrons. The third-order valence-electron chi connectivity index (χ3n) is 5.66. The summed E-state index contributed by atoms with van der Waals surface area (Å²) in [5.41, 5.74) is 2.31. The number of aryl methyl sites for hydroxylation is 2. The quantitative estimate of drug-likeness (QED) is 0.496. The van der Waals surface area contributed by atoms with Gasteiger partial charge in [0.05, 0.1) is 16.5 Å². The van der Waals surface area contributed by atoms with E-state index in [1.54, 1.807) is 17.5 Å². The van der Waals surface area contributed by atoms with Crippen molar-refractivity contribution in [2.75, 3.05) is 11.4 Å². The maximum Gasteiger partial charge on any atom is 0.231 e. The van der Waals surface area contributed by atoms with E-state index in [2.05, 4.69) is 34.7 Å². The molecule has 0 bridgehead atoms. The number of thiazole rings is 1. The molecule has 5 nitrogen and oxygen atoms in total. The van der Waals surface area contributed by atoms with Crippen LogP contribution in [-0.2, 0) is 17.8 Å². The Hall–Kier alpha value is -1.92. The highest BCUT2D eigenvalue weighted by molar-refractivity contribution is 7.22. The number of aromatic nitrogens is 3. The first-order chi connectivity index (χ1) is 13.7.